The maximum Gasteiger partial charge on any atom is 0.324 e. The first-order chi connectivity index (χ1) is 11.0. The lowest BCUT2D eigenvalue weighted by atomic mass is 9.77. The fourth-order valence-corrected chi connectivity index (χ4v) is 2.30. The molecule has 0 aliphatic carbocycles. The molecule has 7 heteroatoms. The summed E-state index contributed by atoms with van der Waals surface area (Å²) < 4.78 is 5.19. The number of ether oxygens (including phenoxy) is 1. The molecule has 132 valence electrons. The molecule has 0 saturated carbocycles. The third-order valence-electron chi connectivity index (χ3n) is 3.43. The molecule has 0 heterocycles. The molecular formula is C17H23NO6. The van der Waals surface area contributed by atoms with Crippen LogP contribution >= 0.6 is 0 Å². The Bertz CT molecular complexity index is 607. The summed E-state index contributed by atoms with van der Waals surface area (Å²) in [7, 11) is 0. The van der Waals surface area contributed by atoms with Crippen molar-refractivity contribution < 1.29 is 29.3 Å². The van der Waals surface area contributed by atoms with E-state index < -0.39 is 41.4 Å². The molecule has 0 saturated heterocycles. The van der Waals surface area contributed by atoms with Crippen LogP contribution in [0.1, 0.15) is 32.8 Å². The molecule has 2 atom stereocenters. The Morgan fingerprint density at radius 1 is 1.12 bits per heavy atom. The van der Waals surface area contributed by atoms with Crippen molar-refractivity contribution in [2.24, 2.45) is 11.7 Å². The van der Waals surface area contributed by atoms with Gasteiger partial charge in [-0.05, 0) is 26.3 Å². The summed E-state index contributed by atoms with van der Waals surface area (Å²) in [5.41, 5.74) is 3.62. The van der Waals surface area contributed by atoms with Crippen LogP contribution in [-0.4, -0.2) is 39.3 Å². The molecule has 4 N–H and O–H groups in total. The van der Waals surface area contributed by atoms with Crippen molar-refractivity contribution in [3.8, 4) is 0 Å². The number of carboxylic acids is 2. The minimum atomic E-state index is -2.10. The zero-order chi connectivity index (χ0) is 18.5. The summed E-state index contributed by atoms with van der Waals surface area (Å²) in [4.78, 5) is 35.3. The monoisotopic (exact) mass is 337 g/mol. The Hall–Kier alpha value is -2.41. The Kier molecular flexibility index (Phi) is 6.09. The van der Waals surface area contributed by atoms with Crippen molar-refractivity contribution in [3.63, 3.8) is 0 Å². The van der Waals surface area contributed by atoms with Crippen molar-refractivity contribution in [3.05, 3.63) is 35.9 Å². The molecule has 1 rings (SSSR count). The minimum Gasteiger partial charge on any atom is -0.481 e. The van der Waals surface area contributed by atoms with Gasteiger partial charge in [-0.25, -0.2) is 0 Å². The van der Waals surface area contributed by atoms with Gasteiger partial charge in [0.25, 0.3) is 0 Å². The second-order valence-corrected chi connectivity index (χ2v) is 6.69. The molecule has 2 unspecified atom stereocenters. The van der Waals surface area contributed by atoms with E-state index >= 15 is 0 Å². The molecule has 0 aromatic heterocycles. The van der Waals surface area contributed by atoms with Gasteiger partial charge in [-0.15, -0.1) is 0 Å². The van der Waals surface area contributed by atoms with Crippen molar-refractivity contribution in [1.82, 2.24) is 0 Å². The number of aliphatic carboxylic acids is 2. The molecule has 24 heavy (non-hydrogen) atoms. The summed E-state index contributed by atoms with van der Waals surface area (Å²) in [6.45, 7) is 4.83. The predicted octanol–water partition coefficient (Wildman–Crippen LogP) is 1.44. The Balaban J connectivity index is 3.23. The van der Waals surface area contributed by atoms with Crippen LogP contribution in [0.4, 0.5) is 0 Å². The zero-order valence-electron chi connectivity index (χ0n) is 14.0. The molecule has 0 bridgehead atoms. The van der Waals surface area contributed by atoms with E-state index in [9.17, 15) is 19.5 Å². The van der Waals surface area contributed by atoms with Crippen LogP contribution in [0, 0.1) is 5.92 Å². The van der Waals surface area contributed by atoms with Crippen molar-refractivity contribution in [2.45, 2.75) is 44.8 Å². The van der Waals surface area contributed by atoms with E-state index in [4.69, 9.17) is 15.6 Å². The van der Waals surface area contributed by atoms with Gasteiger partial charge in [0, 0.05) is 6.42 Å². The fraction of sp³-hybridized carbons (Fsp3) is 0.471. The first-order valence-corrected chi connectivity index (χ1v) is 7.46. The summed E-state index contributed by atoms with van der Waals surface area (Å²) in [6, 6.07) is 8.49. The lowest BCUT2D eigenvalue weighted by molar-refractivity contribution is -0.170. The van der Waals surface area contributed by atoms with Gasteiger partial charge in [-0.3, -0.25) is 14.4 Å². The zero-order valence-corrected chi connectivity index (χ0v) is 14.0. The molecule has 0 spiro atoms. The van der Waals surface area contributed by atoms with Crippen LogP contribution in [0.5, 0.6) is 0 Å². The highest BCUT2D eigenvalue weighted by atomic mass is 16.6. The SMILES string of the molecule is CC(C)(C)OC(=O)C(CC(=O)O)C(N)(Cc1ccccc1)C(=O)O. The number of esters is 1. The minimum absolute atomic E-state index is 0.194. The largest absolute Gasteiger partial charge is 0.481 e. The highest BCUT2D eigenvalue weighted by Gasteiger charge is 2.49. The van der Waals surface area contributed by atoms with Gasteiger partial charge in [0.05, 0.1) is 12.3 Å². The van der Waals surface area contributed by atoms with E-state index in [-0.39, 0.29) is 6.42 Å². The summed E-state index contributed by atoms with van der Waals surface area (Å²) in [5.74, 6) is -5.24. The van der Waals surface area contributed by atoms with Gasteiger partial charge < -0.3 is 20.7 Å². The van der Waals surface area contributed by atoms with Crippen molar-refractivity contribution in [2.75, 3.05) is 0 Å². The maximum absolute atomic E-state index is 12.4. The fourth-order valence-electron chi connectivity index (χ4n) is 2.30. The second kappa shape index (κ2) is 7.44. The van der Waals surface area contributed by atoms with Crippen LogP contribution in [0.15, 0.2) is 30.3 Å². The highest BCUT2D eigenvalue weighted by Crippen LogP contribution is 2.27. The number of hydrogen-bond donors (Lipinski definition) is 3. The van der Waals surface area contributed by atoms with Gasteiger partial charge in [0.2, 0.25) is 0 Å². The quantitative estimate of drug-likeness (QED) is 0.642. The van der Waals surface area contributed by atoms with E-state index in [0.29, 0.717) is 5.56 Å². The standard InChI is InChI=1S/C17H23NO6/c1-16(2,3)24-14(21)12(9-13(19)20)17(18,15(22)23)10-11-7-5-4-6-8-11/h4-8,12H,9-10,18H2,1-3H3,(H,19,20)(H,22,23). The lowest BCUT2D eigenvalue weighted by Gasteiger charge is -2.33. The van der Waals surface area contributed by atoms with Gasteiger partial charge in [-0.2, -0.15) is 0 Å². The number of carboxylic acid groups (broad SMARTS) is 2. The number of carbonyl (C=O) groups excluding carboxylic acids is 1. The van der Waals surface area contributed by atoms with Crippen LogP contribution in [0.25, 0.3) is 0 Å². The van der Waals surface area contributed by atoms with Crippen LogP contribution < -0.4 is 5.73 Å². The molecule has 0 radical (unpaired) electrons. The molecule has 0 amide bonds. The Labute approximate surface area is 140 Å². The number of carbonyl (C=O) groups is 3. The number of hydrogen-bond acceptors (Lipinski definition) is 5. The van der Waals surface area contributed by atoms with Gasteiger partial charge in [-0.1, -0.05) is 30.3 Å². The van der Waals surface area contributed by atoms with E-state index in [1.807, 2.05) is 0 Å². The molecular weight excluding hydrogens is 314 g/mol. The maximum atomic E-state index is 12.4. The van der Waals surface area contributed by atoms with E-state index in [2.05, 4.69) is 0 Å². The van der Waals surface area contributed by atoms with Gasteiger partial charge in [0.15, 0.2) is 0 Å². The lowest BCUT2D eigenvalue weighted by Crippen LogP contribution is -2.59. The first-order valence-electron chi connectivity index (χ1n) is 7.46. The number of nitrogens with two attached hydrogens (primary N) is 1. The smallest absolute Gasteiger partial charge is 0.324 e. The molecule has 7 nitrogen and oxygen atoms in total. The third-order valence-corrected chi connectivity index (χ3v) is 3.43. The molecule has 1 aromatic carbocycles. The number of rotatable bonds is 7. The first kappa shape index (κ1) is 19.6. The van der Waals surface area contributed by atoms with Crippen LogP contribution in [-0.2, 0) is 25.5 Å². The number of benzene rings is 1. The van der Waals surface area contributed by atoms with Crippen molar-refractivity contribution >= 4 is 17.9 Å². The van der Waals surface area contributed by atoms with E-state index in [0.717, 1.165) is 0 Å². The van der Waals surface area contributed by atoms with Crippen molar-refractivity contribution in [1.29, 1.82) is 0 Å². The summed E-state index contributed by atoms with van der Waals surface area (Å²) in [5, 5.41) is 18.7. The van der Waals surface area contributed by atoms with E-state index in [1.54, 1.807) is 51.1 Å². The topological polar surface area (TPSA) is 127 Å². The molecule has 0 aliphatic heterocycles. The Morgan fingerprint density at radius 3 is 2.08 bits per heavy atom. The van der Waals surface area contributed by atoms with Crippen LogP contribution in [0.2, 0.25) is 0 Å². The molecule has 0 fully saturated rings. The van der Waals surface area contributed by atoms with Crippen LogP contribution in [0.3, 0.4) is 0 Å². The van der Waals surface area contributed by atoms with Gasteiger partial charge >= 0.3 is 17.9 Å². The van der Waals surface area contributed by atoms with E-state index in [1.165, 1.54) is 0 Å². The summed E-state index contributed by atoms with van der Waals surface area (Å²) in [6.07, 6.45) is -0.926. The normalized spacial score (nSPS) is 15.2. The second-order valence-electron chi connectivity index (χ2n) is 6.69. The van der Waals surface area contributed by atoms with Gasteiger partial charge in [0.1, 0.15) is 11.1 Å². The Morgan fingerprint density at radius 2 is 1.67 bits per heavy atom. The predicted molar refractivity (Wildman–Crippen MR) is 86.3 cm³/mol. The highest BCUT2D eigenvalue weighted by molar-refractivity contribution is 5.90. The summed E-state index contributed by atoms with van der Waals surface area (Å²) >= 11 is 0. The molecule has 0 aliphatic rings. The molecule has 1 aromatic rings. The third kappa shape index (κ3) is 5.34. The average Bonchev–Trinajstić information content (AvgIpc) is 2.43. The average molecular weight is 337 g/mol.